The van der Waals surface area contributed by atoms with Crippen LogP contribution in [-0.4, -0.2) is 22.1 Å². The Kier molecular flexibility index (Phi) is 11.6. The Balaban J connectivity index is 1.66. The quantitative estimate of drug-likeness (QED) is 0.185. The second-order valence-electron chi connectivity index (χ2n) is 12.4. The lowest BCUT2D eigenvalue weighted by Crippen LogP contribution is -2.42. The van der Waals surface area contributed by atoms with Gasteiger partial charge in [-0.2, -0.15) is 0 Å². The van der Waals surface area contributed by atoms with E-state index in [0.717, 1.165) is 94.9 Å². The topological polar surface area (TPSA) is 67.6 Å². The summed E-state index contributed by atoms with van der Waals surface area (Å²) in [6, 6.07) is 14.9. The summed E-state index contributed by atoms with van der Waals surface area (Å²) < 4.78 is 14.9. The molecule has 232 valence electrons. The maximum Gasteiger partial charge on any atom is 0.232 e. The number of benzene rings is 2. The van der Waals surface area contributed by atoms with Gasteiger partial charge in [0.2, 0.25) is 5.91 Å². The highest BCUT2D eigenvalue weighted by atomic mass is 32.2. The number of allylic oxidation sites excluding steroid dienone is 1. The number of ether oxygens (including phenoxy) is 1. The molecule has 1 aromatic heterocycles. The number of carbonyl (C=O) groups excluding carboxylic acids is 1. The molecule has 4 rings (SSSR count). The van der Waals surface area contributed by atoms with Crippen LogP contribution in [0.1, 0.15) is 102 Å². The summed E-state index contributed by atoms with van der Waals surface area (Å²) in [5, 5.41) is 4.16. The minimum absolute atomic E-state index is 0.0966. The van der Waals surface area contributed by atoms with Gasteiger partial charge in [-0.15, -0.1) is 0 Å². The highest BCUT2D eigenvalue weighted by Gasteiger charge is 2.38. The SMILES string of the molecule is C=C(CCCC)N(Cc1ccc(-c2ccccc2SNc2noc(C)c2C)c(COC(C)C)c1)C(=O)C1(C)CCCCC1. The Morgan fingerprint density at radius 3 is 2.56 bits per heavy atom. The number of nitrogens with zero attached hydrogens (tertiary/aromatic N) is 2. The molecule has 6 nitrogen and oxygen atoms in total. The fraction of sp³-hybridized carbons (Fsp3) is 0.500. The summed E-state index contributed by atoms with van der Waals surface area (Å²) in [5.41, 5.74) is 6.03. The molecule has 1 saturated carbocycles. The summed E-state index contributed by atoms with van der Waals surface area (Å²) in [4.78, 5) is 17.2. The zero-order chi connectivity index (χ0) is 31.0. The van der Waals surface area contributed by atoms with E-state index in [0.29, 0.717) is 13.2 Å². The molecule has 43 heavy (non-hydrogen) atoms. The van der Waals surface area contributed by atoms with Crippen molar-refractivity contribution < 1.29 is 14.1 Å². The lowest BCUT2D eigenvalue weighted by molar-refractivity contribution is -0.141. The highest BCUT2D eigenvalue weighted by molar-refractivity contribution is 8.00. The molecule has 2 aromatic carbocycles. The van der Waals surface area contributed by atoms with Gasteiger partial charge in [-0.05, 0) is 93.6 Å². The van der Waals surface area contributed by atoms with Gasteiger partial charge in [-0.1, -0.05) is 87.7 Å². The van der Waals surface area contributed by atoms with Crippen molar-refractivity contribution in [3.8, 4) is 11.1 Å². The Labute approximate surface area is 262 Å². The van der Waals surface area contributed by atoms with Crippen molar-refractivity contribution in [2.75, 3.05) is 4.72 Å². The maximum atomic E-state index is 14.1. The molecular weight excluding hydrogens is 554 g/mol. The van der Waals surface area contributed by atoms with Gasteiger partial charge in [0.25, 0.3) is 0 Å². The second kappa shape index (κ2) is 15.1. The van der Waals surface area contributed by atoms with E-state index < -0.39 is 0 Å². The molecular formula is C36H49N3O3S. The van der Waals surface area contributed by atoms with Crippen molar-refractivity contribution in [1.29, 1.82) is 0 Å². The first kappa shape index (κ1) is 32.9. The Hall–Kier alpha value is -3.03. The van der Waals surface area contributed by atoms with Crippen molar-refractivity contribution in [2.24, 2.45) is 5.41 Å². The van der Waals surface area contributed by atoms with E-state index >= 15 is 0 Å². The van der Waals surface area contributed by atoms with Crippen molar-refractivity contribution in [3.05, 3.63) is 77.2 Å². The van der Waals surface area contributed by atoms with Crippen molar-refractivity contribution >= 4 is 23.7 Å². The first-order valence-electron chi connectivity index (χ1n) is 15.8. The van der Waals surface area contributed by atoms with Crippen LogP contribution in [0, 0.1) is 19.3 Å². The number of rotatable bonds is 14. The number of hydrogen-bond donors (Lipinski definition) is 1. The van der Waals surface area contributed by atoms with Crippen LogP contribution in [0.25, 0.3) is 11.1 Å². The van der Waals surface area contributed by atoms with Gasteiger partial charge in [-0.25, -0.2) is 0 Å². The Bertz CT molecular complexity index is 1390. The normalized spacial score (nSPS) is 14.6. The minimum atomic E-state index is -0.319. The molecule has 0 bridgehead atoms. The van der Waals surface area contributed by atoms with Crippen LogP contribution >= 0.6 is 11.9 Å². The lowest BCUT2D eigenvalue weighted by Gasteiger charge is -2.38. The third-order valence-electron chi connectivity index (χ3n) is 8.59. The molecule has 0 unspecified atom stereocenters. The first-order chi connectivity index (χ1) is 20.6. The number of hydrogen-bond acceptors (Lipinski definition) is 6. The van der Waals surface area contributed by atoms with Crippen LogP contribution in [0.3, 0.4) is 0 Å². The summed E-state index contributed by atoms with van der Waals surface area (Å²) in [6.07, 6.45) is 8.38. The van der Waals surface area contributed by atoms with Crippen LogP contribution < -0.4 is 4.72 Å². The predicted molar refractivity (Wildman–Crippen MR) is 178 cm³/mol. The van der Waals surface area contributed by atoms with Gasteiger partial charge in [0.05, 0.1) is 19.3 Å². The minimum Gasteiger partial charge on any atom is -0.374 e. The maximum absolute atomic E-state index is 14.1. The van der Waals surface area contributed by atoms with E-state index in [2.05, 4.69) is 80.6 Å². The van der Waals surface area contributed by atoms with Gasteiger partial charge in [0.1, 0.15) is 5.76 Å². The molecule has 1 fully saturated rings. The van der Waals surface area contributed by atoms with Crippen LogP contribution in [0.2, 0.25) is 0 Å². The fourth-order valence-corrected chi connectivity index (χ4v) is 6.51. The van der Waals surface area contributed by atoms with E-state index in [1.807, 2.05) is 24.8 Å². The molecule has 0 saturated heterocycles. The molecule has 3 aromatic rings. The standard InChI is InChI=1S/C36H49N3O3S/c1-8-9-15-26(4)39(35(40)36(7)20-13-10-14-21-36)23-29-18-19-31(30(22-29)24-41-25(2)3)32-16-11-12-17-33(32)43-38-34-27(5)28(6)42-37-34/h11-12,16-19,22,25H,4,8-10,13-15,20-21,23-24H2,1-3,5-7H3,(H,37,38). The molecule has 1 aliphatic carbocycles. The van der Waals surface area contributed by atoms with E-state index in [1.54, 1.807) is 0 Å². The average molecular weight is 604 g/mol. The zero-order valence-corrected chi connectivity index (χ0v) is 27.7. The summed E-state index contributed by atoms with van der Waals surface area (Å²) in [7, 11) is 0. The average Bonchev–Trinajstić information content (AvgIpc) is 3.33. The molecule has 0 spiro atoms. The van der Waals surface area contributed by atoms with Crippen LogP contribution in [0.4, 0.5) is 5.82 Å². The third-order valence-corrected chi connectivity index (χ3v) is 9.47. The third kappa shape index (κ3) is 8.33. The van der Waals surface area contributed by atoms with Crippen LogP contribution in [-0.2, 0) is 22.7 Å². The van der Waals surface area contributed by atoms with Gasteiger partial charge >= 0.3 is 0 Å². The van der Waals surface area contributed by atoms with Gasteiger partial charge in [0, 0.05) is 21.6 Å². The number of unbranched alkanes of at least 4 members (excludes halogenated alkanes) is 1. The fourth-order valence-electron chi connectivity index (χ4n) is 5.68. The molecule has 0 aliphatic heterocycles. The second-order valence-corrected chi connectivity index (χ2v) is 13.3. The van der Waals surface area contributed by atoms with E-state index in [9.17, 15) is 4.79 Å². The highest BCUT2D eigenvalue weighted by Crippen LogP contribution is 2.40. The smallest absolute Gasteiger partial charge is 0.232 e. The summed E-state index contributed by atoms with van der Waals surface area (Å²) in [5.74, 6) is 1.77. The van der Waals surface area contributed by atoms with Gasteiger partial charge in [0.15, 0.2) is 5.82 Å². The van der Waals surface area contributed by atoms with Crippen molar-refractivity contribution in [3.63, 3.8) is 0 Å². The molecule has 7 heteroatoms. The number of carbonyl (C=O) groups is 1. The first-order valence-corrected chi connectivity index (χ1v) is 16.6. The molecule has 1 heterocycles. The van der Waals surface area contributed by atoms with E-state index in [1.165, 1.54) is 18.4 Å². The summed E-state index contributed by atoms with van der Waals surface area (Å²) in [6.45, 7) is 17.8. The molecule has 0 atom stereocenters. The monoisotopic (exact) mass is 603 g/mol. The number of aromatic nitrogens is 1. The molecule has 1 aliphatic rings. The van der Waals surface area contributed by atoms with Crippen LogP contribution in [0.15, 0.2) is 64.2 Å². The van der Waals surface area contributed by atoms with Gasteiger partial charge in [-0.3, -0.25) is 4.79 Å². The number of aryl methyl sites for hydroxylation is 1. The predicted octanol–water partition coefficient (Wildman–Crippen LogP) is 10.0. The van der Waals surface area contributed by atoms with Gasteiger partial charge < -0.3 is 18.9 Å². The van der Waals surface area contributed by atoms with Crippen LogP contribution in [0.5, 0.6) is 0 Å². The van der Waals surface area contributed by atoms with E-state index in [-0.39, 0.29) is 17.4 Å². The number of nitrogens with one attached hydrogen (secondary N) is 1. The zero-order valence-electron chi connectivity index (χ0n) is 26.9. The molecule has 0 radical (unpaired) electrons. The Morgan fingerprint density at radius 1 is 1.14 bits per heavy atom. The number of amides is 1. The van der Waals surface area contributed by atoms with E-state index in [4.69, 9.17) is 9.26 Å². The summed E-state index contributed by atoms with van der Waals surface area (Å²) >= 11 is 1.52. The largest absolute Gasteiger partial charge is 0.374 e. The Morgan fingerprint density at radius 2 is 1.88 bits per heavy atom. The molecule has 1 N–H and O–H groups in total. The van der Waals surface area contributed by atoms with Crippen molar-refractivity contribution in [1.82, 2.24) is 10.1 Å². The van der Waals surface area contributed by atoms with Crippen molar-refractivity contribution in [2.45, 2.75) is 117 Å². The number of anilines is 1. The molecule has 1 amide bonds. The lowest BCUT2D eigenvalue weighted by atomic mass is 9.74.